The Morgan fingerprint density at radius 1 is 1.41 bits per heavy atom. The fraction of sp³-hybridized carbons (Fsp3) is 0.500. The summed E-state index contributed by atoms with van der Waals surface area (Å²) in [7, 11) is 0. The number of amides is 1. The van der Waals surface area contributed by atoms with Gasteiger partial charge in [-0.3, -0.25) is 4.79 Å². The zero-order valence-electron chi connectivity index (χ0n) is 13.2. The molecule has 4 nitrogen and oxygen atoms in total. The molecule has 1 aliphatic heterocycles. The molecule has 2 aromatic rings. The van der Waals surface area contributed by atoms with Crippen molar-refractivity contribution in [3.63, 3.8) is 0 Å². The van der Waals surface area contributed by atoms with Crippen LogP contribution in [0.2, 0.25) is 0 Å². The Kier molecular flexibility index (Phi) is 4.78. The minimum atomic E-state index is 0.218. The van der Waals surface area contributed by atoms with Gasteiger partial charge in [-0.25, -0.2) is 0 Å². The third kappa shape index (κ3) is 3.33. The van der Waals surface area contributed by atoms with Gasteiger partial charge in [0.05, 0.1) is 6.10 Å². The van der Waals surface area contributed by atoms with Crippen LogP contribution in [-0.2, 0) is 16.0 Å². The molecule has 0 aliphatic carbocycles. The number of aromatic nitrogens is 1. The summed E-state index contributed by atoms with van der Waals surface area (Å²) in [5, 5.41) is 1.22. The standard InChI is InChI=1S/C18H24N2O2/c1-2-22-15-6-5-11-20(13-15)18(21)10-9-14-12-19-17-8-4-3-7-16(14)17/h3-4,7-8,12,15,19H,2,5-6,9-11,13H2,1H3/t15-/m0/s1. The molecule has 1 aromatic heterocycles. The van der Waals surface area contributed by atoms with E-state index in [1.807, 2.05) is 30.2 Å². The van der Waals surface area contributed by atoms with E-state index in [9.17, 15) is 4.79 Å². The Morgan fingerprint density at radius 3 is 3.14 bits per heavy atom. The molecule has 1 amide bonds. The van der Waals surface area contributed by atoms with Crippen LogP contribution in [-0.4, -0.2) is 41.6 Å². The normalized spacial score (nSPS) is 18.8. The maximum absolute atomic E-state index is 12.4. The number of fused-ring (bicyclic) bond motifs is 1. The van der Waals surface area contributed by atoms with Gasteiger partial charge in [-0.1, -0.05) is 18.2 Å². The molecule has 3 rings (SSSR count). The predicted molar refractivity (Wildman–Crippen MR) is 87.8 cm³/mol. The van der Waals surface area contributed by atoms with Gasteiger partial charge in [0.1, 0.15) is 0 Å². The Hall–Kier alpha value is -1.81. The molecule has 1 aliphatic rings. The van der Waals surface area contributed by atoms with E-state index in [4.69, 9.17) is 4.74 Å². The number of para-hydroxylation sites is 1. The largest absolute Gasteiger partial charge is 0.377 e. The van der Waals surface area contributed by atoms with Crippen molar-refractivity contribution < 1.29 is 9.53 Å². The zero-order chi connectivity index (χ0) is 15.4. The highest BCUT2D eigenvalue weighted by Crippen LogP contribution is 2.20. The van der Waals surface area contributed by atoms with Crippen molar-refractivity contribution in [2.45, 2.75) is 38.7 Å². The quantitative estimate of drug-likeness (QED) is 0.922. The molecule has 0 bridgehead atoms. The molecule has 1 saturated heterocycles. The average molecular weight is 300 g/mol. The molecule has 0 radical (unpaired) electrons. The van der Waals surface area contributed by atoms with Gasteiger partial charge in [0.15, 0.2) is 0 Å². The van der Waals surface area contributed by atoms with Crippen LogP contribution in [0.3, 0.4) is 0 Å². The molecule has 0 saturated carbocycles. The highest BCUT2D eigenvalue weighted by atomic mass is 16.5. The summed E-state index contributed by atoms with van der Waals surface area (Å²) in [4.78, 5) is 17.7. The maximum atomic E-state index is 12.4. The summed E-state index contributed by atoms with van der Waals surface area (Å²) in [5.74, 6) is 0.245. The van der Waals surface area contributed by atoms with Crippen molar-refractivity contribution in [3.8, 4) is 0 Å². The highest BCUT2D eigenvalue weighted by molar-refractivity contribution is 5.84. The van der Waals surface area contributed by atoms with Crippen LogP contribution in [0.4, 0.5) is 0 Å². The van der Waals surface area contributed by atoms with Crippen LogP contribution in [0.25, 0.3) is 10.9 Å². The first-order valence-electron chi connectivity index (χ1n) is 8.22. The average Bonchev–Trinajstić information content (AvgIpc) is 2.96. The number of H-pyrrole nitrogens is 1. The van der Waals surface area contributed by atoms with Gasteiger partial charge in [-0.15, -0.1) is 0 Å². The summed E-state index contributed by atoms with van der Waals surface area (Å²) >= 11 is 0. The number of nitrogens with one attached hydrogen (secondary N) is 1. The number of carbonyl (C=O) groups excluding carboxylic acids is 1. The Labute approximate surface area is 131 Å². The van der Waals surface area contributed by atoms with Crippen LogP contribution < -0.4 is 0 Å². The minimum Gasteiger partial charge on any atom is -0.377 e. The van der Waals surface area contributed by atoms with Crippen LogP contribution in [0.15, 0.2) is 30.5 Å². The van der Waals surface area contributed by atoms with E-state index in [1.54, 1.807) is 0 Å². The Morgan fingerprint density at radius 2 is 2.27 bits per heavy atom. The molecule has 1 N–H and O–H groups in total. The lowest BCUT2D eigenvalue weighted by Gasteiger charge is -2.32. The number of likely N-dealkylation sites (tertiary alicyclic amines) is 1. The van der Waals surface area contributed by atoms with Gasteiger partial charge >= 0.3 is 0 Å². The number of rotatable bonds is 5. The fourth-order valence-electron chi connectivity index (χ4n) is 3.27. The van der Waals surface area contributed by atoms with Gasteiger partial charge in [0.2, 0.25) is 5.91 Å². The number of piperidine rings is 1. The summed E-state index contributed by atoms with van der Waals surface area (Å²) in [6, 6.07) is 8.24. The van der Waals surface area contributed by atoms with Crippen molar-refractivity contribution in [1.29, 1.82) is 0 Å². The predicted octanol–water partition coefficient (Wildman–Crippen LogP) is 3.13. The second-order valence-corrected chi connectivity index (χ2v) is 5.92. The molecule has 22 heavy (non-hydrogen) atoms. The van der Waals surface area contributed by atoms with Gasteiger partial charge < -0.3 is 14.6 Å². The van der Waals surface area contributed by atoms with Crippen LogP contribution in [0.1, 0.15) is 31.7 Å². The first-order chi connectivity index (χ1) is 10.8. The van der Waals surface area contributed by atoms with Crippen molar-refractivity contribution in [3.05, 3.63) is 36.0 Å². The van der Waals surface area contributed by atoms with E-state index < -0.39 is 0 Å². The molecule has 0 spiro atoms. The smallest absolute Gasteiger partial charge is 0.222 e. The SMILES string of the molecule is CCO[C@H]1CCCN(C(=O)CCc2c[nH]c3ccccc23)C1. The lowest BCUT2D eigenvalue weighted by atomic mass is 10.1. The topological polar surface area (TPSA) is 45.3 Å². The lowest BCUT2D eigenvalue weighted by molar-refractivity contribution is -0.135. The number of nitrogens with zero attached hydrogens (tertiary/aromatic N) is 1. The number of carbonyl (C=O) groups is 1. The highest BCUT2D eigenvalue weighted by Gasteiger charge is 2.23. The second kappa shape index (κ2) is 6.97. The first-order valence-corrected chi connectivity index (χ1v) is 8.22. The third-order valence-electron chi connectivity index (χ3n) is 4.42. The number of benzene rings is 1. The number of aryl methyl sites for hydroxylation is 1. The number of ether oxygens (including phenoxy) is 1. The number of aromatic amines is 1. The summed E-state index contributed by atoms with van der Waals surface area (Å²) in [6.07, 6.45) is 5.72. The van der Waals surface area contributed by atoms with Crippen LogP contribution >= 0.6 is 0 Å². The monoisotopic (exact) mass is 300 g/mol. The van der Waals surface area contributed by atoms with Crippen molar-refractivity contribution >= 4 is 16.8 Å². The summed E-state index contributed by atoms with van der Waals surface area (Å²) in [5.41, 5.74) is 2.36. The molecule has 2 heterocycles. The third-order valence-corrected chi connectivity index (χ3v) is 4.42. The molecular weight excluding hydrogens is 276 g/mol. The van der Waals surface area contributed by atoms with Crippen LogP contribution in [0, 0.1) is 0 Å². The molecule has 0 unspecified atom stereocenters. The van der Waals surface area contributed by atoms with Crippen molar-refractivity contribution in [1.82, 2.24) is 9.88 Å². The summed E-state index contributed by atoms with van der Waals surface area (Å²) < 4.78 is 5.67. The lowest BCUT2D eigenvalue weighted by Crippen LogP contribution is -2.43. The van der Waals surface area contributed by atoms with E-state index >= 15 is 0 Å². The van der Waals surface area contributed by atoms with E-state index in [0.717, 1.165) is 44.5 Å². The van der Waals surface area contributed by atoms with E-state index in [-0.39, 0.29) is 12.0 Å². The van der Waals surface area contributed by atoms with Gasteiger partial charge in [0, 0.05) is 43.2 Å². The first kappa shape index (κ1) is 15.1. The van der Waals surface area contributed by atoms with E-state index in [2.05, 4.69) is 17.1 Å². The van der Waals surface area contributed by atoms with E-state index in [1.165, 1.54) is 10.9 Å². The molecule has 4 heteroatoms. The molecule has 118 valence electrons. The minimum absolute atomic E-state index is 0.218. The molecule has 1 aromatic carbocycles. The summed E-state index contributed by atoms with van der Waals surface area (Å²) in [6.45, 7) is 4.36. The molecular formula is C18H24N2O2. The molecule has 1 atom stereocenters. The van der Waals surface area contributed by atoms with Gasteiger partial charge in [-0.2, -0.15) is 0 Å². The van der Waals surface area contributed by atoms with Crippen LogP contribution in [0.5, 0.6) is 0 Å². The fourth-order valence-corrected chi connectivity index (χ4v) is 3.27. The molecule has 1 fully saturated rings. The van der Waals surface area contributed by atoms with Gasteiger partial charge in [-0.05, 0) is 37.8 Å². The Bertz CT molecular complexity index is 633. The maximum Gasteiger partial charge on any atom is 0.222 e. The second-order valence-electron chi connectivity index (χ2n) is 5.92. The number of hydrogen-bond donors (Lipinski definition) is 1. The van der Waals surface area contributed by atoms with Crippen molar-refractivity contribution in [2.75, 3.05) is 19.7 Å². The van der Waals surface area contributed by atoms with Crippen molar-refractivity contribution in [2.24, 2.45) is 0 Å². The van der Waals surface area contributed by atoms with E-state index in [0.29, 0.717) is 6.42 Å². The van der Waals surface area contributed by atoms with Gasteiger partial charge in [0.25, 0.3) is 0 Å². The zero-order valence-corrected chi connectivity index (χ0v) is 13.2. The Balaban J connectivity index is 1.58. The number of hydrogen-bond acceptors (Lipinski definition) is 2.